The van der Waals surface area contributed by atoms with Crippen LogP contribution in [0.5, 0.6) is 0 Å². The molecule has 0 spiro atoms. The average molecular weight is 267 g/mol. The maximum atomic E-state index is 11.2. The molecular formula is C12H11ClN2O3. The number of rotatable bonds is 2. The van der Waals surface area contributed by atoms with Crippen molar-refractivity contribution < 1.29 is 14.6 Å². The first-order chi connectivity index (χ1) is 8.65. The predicted octanol–water partition coefficient (Wildman–Crippen LogP) is 1.50. The van der Waals surface area contributed by atoms with Gasteiger partial charge in [0.2, 0.25) is 0 Å². The number of halogens is 1. The Kier molecular flexibility index (Phi) is 3.70. The number of carbonyl (C=O) groups is 1. The number of carboxylic acid groups (broad SMARTS) is 1. The Morgan fingerprint density at radius 1 is 1.61 bits per heavy atom. The number of ether oxygens (including phenoxy) is 1. The van der Waals surface area contributed by atoms with Crippen molar-refractivity contribution in [2.75, 3.05) is 24.7 Å². The third-order valence-corrected chi connectivity index (χ3v) is 3.14. The maximum Gasteiger partial charge on any atom is 0.328 e. The summed E-state index contributed by atoms with van der Waals surface area (Å²) < 4.78 is 5.16. The lowest BCUT2D eigenvalue weighted by molar-refractivity contribution is -0.141. The van der Waals surface area contributed by atoms with Gasteiger partial charge in [-0.1, -0.05) is 17.7 Å². The molecule has 1 aromatic rings. The number of carboxylic acids is 1. The van der Waals surface area contributed by atoms with Crippen LogP contribution in [0.1, 0.15) is 5.56 Å². The van der Waals surface area contributed by atoms with E-state index in [-0.39, 0.29) is 6.61 Å². The summed E-state index contributed by atoms with van der Waals surface area (Å²) in [7, 11) is 0. The number of nitrogens with zero attached hydrogens (tertiary/aromatic N) is 2. The SMILES string of the molecule is N#Cc1c(Cl)cccc1N1CCOCC1C(=O)O. The molecule has 94 valence electrons. The summed E-state index contributed by atoms with van der Waals surface area (Å²) in [6.07, 6.45) is 0. The molecule has 1 heterocycles. The monoisotopic (exact) mass is 266 g/mol. The second-order valence-electron chi connectivity index (χ2n) is 3.87. The molecule has 1 aliphatic rings. The van der Waals surface area contributed by atoms with Gasteiger partial charge in [-0.3, -0.25) is 0 Å². The van der Waals surface area contributed by atoms with E-state index in [0.29, 0.717) is 29.4 Å². The van der Waals surface area contributed by atoms with Crippen LogP contribution in [0.4, 0.5) is 5.69 Å². The van der Waals surface area contributed by atoms with E-state index in [1.165, 1.54) is 0 Å². The number of nitriles is 1. The van der Waals surface area contributed by atoms with Crippen LogP contribution < -0.4 is 4.90 Å². The lowest BCUT2D eigenvalue weighted by Crippen LogP contribution is -2.50. The predicted molar refractivity (Wildman–Crippen MR) is 65.8 cm³/mol. The first-order valence-corrected chi connectivity index (χ1v) is 5.78. The van der Waals surface area contributed by atoms with Crippen molar-refractivity contribution in [3.05, 3.63) is 28.8 Å². The highest BCUT2D eigenvalue weighted by Gasteiger charge is 2.31. The summed E-state index contributed by atoms with van der Waals surface area (Å²) in [5, 5.41) is 18.6. The Morgan fingerprint density at radius 3 is 3.06 bits per heavy atom. The van der Waals surface area contributed by atoms with Crippen LogP contribution in [0.2, 0.25) is 5.02 Å². The minimum absolute atomic E-state index is 0.104. The Morgan fingerprint density at radius 2 is 2.39 bits per heavy atom. The molecular weight excluding hydrogens is 256 g/mol. The van der Waals surface area contributed by atoms with Gasteiger partial charge in [0.15, 0.2) is 6.04 Å². The third-order valence-electron chi connectivity index (χ3n) is 2.83. The Labute approximate surface area is 109 Å². The number of anilines is 1. The fraction of sp³-hybridized carbons (Fsp3) is 0.333. The highest BCUT2D eigenvalue weighted by Crippen LogP contribution is 2.29. The molecule has 5 nitrogen and oxygen atoms in total. The number of hydrogen-bond acceptors (Lipinski definition) is 4. The zero-order valence-corrected chi connectivity index (χ0v) is 10.2. The zero-order chi connectivity index (χ0) is 13.1. The van der Waals surface area contributed by atoms with E-state index in [9.17, 15) is 4.79 Å². The lowest BCUT2D eigenvalue weighted by Gasteiger charge is -2.35. The molecule has 0 saturated carbocycles. The minimum atomic E-state index is -0.974. The first-order valence-electron chi connectivity index (χ1n) is 5.41. The molecule has 1 unspecified atom stereocenters. The zero-order valence-electron chi connectivity index (χ0n) is 9.47. The Bertz CT molecular complexity index is 513. The molecule has 0 radical (unpaired) electrons. The van der Waals surface area contributed by atoms with Crippen LogP contribution in [-0.2, 0) is 9.53 Å². The summed E-state index contributed by atoms with van der Waals surface area (Å²) in [6.45, 7) is 0.958. The standard InChI is InChI=1S/C12H11ClN2O3/c13-9-2-1-3-10(8(9)6-14)15-4-5-18-7-11(15)12(16)17/h1-3,11H,4-5,7H2,(H,16,17). The molecule has 2 rings (SSSR count). The van der Waals surface area contributed by atoms with Gasteiger partial charge in [0.05, 0.1) is 29.5 Å². The van der Waals surface area contributed by atoms with E-state index in [1.807, 2.05) is 6.07 Å². The van der Waals surface area contributed by atoms with E-state index in [1.54, 1.807) is 23.1 Å². The quantitative estimate of drug-likeness (QED) is 0.878. The summed E-state index contributed by atoms with van der Waals surface area (Å²) in [4.78, 5) is 12.8. The van der Waals surface area contributed by atoms with Gasteiger partial charge in [0.1, 0.15) is 6.07 Å². The fourth-order valence-corrected chi connectivity index (χ4v) is 2.17. The van der Waals surface area contributed by atoms with Crippen molar-refractivity contribution in [1.82, 2.24) is 0 Å². The highest BCUT2D eigenvalue weighted by molar-refractivity contribution is 6.32. The molecule has 0 aliphatic carbocycles. The van der Waals surface area contributed by atoms with Crippen LogP contribution in [0, 0.1) is 11.3 Å². The molecule has 18 heavy (non-hydrogen) atoms. The molecule has 1 fully saturated rings. The Balaban J connectivity index is 2.43. The lowest BCUT2D eigenvalue weighted by atomic mass is 10.1. The minimum Gasteiger partial charge on any atom is -0.480 e. The summed E-state index contributed by atoms with van der Waals surface area (Å²) in [5.41, 5.74) is 0.841. The van der Waals surface area contributed by atoms with Crippen molar-refractivity contribution in [3.8, 4) is 6.07 Å². The maximum absolute atomic E-state index is 11.2. The molecule has 1 atom stereocenters. The van der Waals surface area contributed by atoms with Crippen molar-refractivity contribution >= 4 is 23.3 Å². The van der Waals surface area contributed by atoms with Gasteiger partial charge < -0.3 is 14.7 Å². The van der Waals surface area contributed by atoms with E-state index in [0.717, 1.165) is 0 Å². The van der Waals surface area contributed by atoms with Crippen molar-refractivity contribution in [2.24, 2.45) is 0 Å². The van der Waals surface area contributed by atoms with Crippen molar-refractivity contribution in [3.63, 3.8) is 0 Å². The smallest absolute Gasteiger partial charge is 0.328 e. The van der Waals surface area contributed by atoms with Crippen LogP contribution in [-0.4, -0.2) is 36.9 Å². The molecule has 0 bridgehead atoms. The van der Waals surface area contributed by atoms with Gasteiger partial charge in [-0.05, 0) is 12.1 Å². The van der Waals surface area contributed by atoms with E-state index in [2.05, 4.69) is 0 Å². The van der Waals surface area contributed by atoms with Crippen LogP contribution in [0.25, 0.3) is 0 Å². The molecule has 1 saturated heterocycles. The van der Waals surface area contributed by atoms with Gasteiger partial charge in [-0.25, -0.2) is 4.79 Å². The fourth-order valence-electron chi connectivity index (χ4n) is 1.96. The molecule has 1 aliphatic heterocycles. The molecule has 1 aromatic carbocycles. The van der Waals surface area contributed by atoms with E-state index >= 15 is 0 Å². The van der Waals surface area contributed by atoms with Crippen LogP contribution >= 0.6 is 11.6 Å². The van der Waals surface area contributed by atoms with Crippen molar-refractivity contribution in [1.29, 1.82) is 5.26 Å². The van der Waals surface area contributed by atoms with Gasteiger partial charge in [-0.2, -0.15) is 5.26 Å². The van der Waals surface area contributed by atoms with Gasteiger partial charge in [0.25, 0.3) is 0 Å². The largest absolute Gasteiger partial charge is 0.480 e. The van der Waals surface area contributed by atoms with Gasteiger partial charge in [-0.15, -0.1) is 0 Å². The molecule has 0 aromatic heterocycles. The van der Waals surface area contributed by atoms with Gasteiger partial charge >= 0.3 is 5.97 Å². The average Bonchev–Trinajstić information content (AvgIpc) is 2.38. The molecule has 6 heteroatoms. The second-order valence-corrected chi connectivity index (χ2v) is 4.28. The van der Waals surface area contributed by atoms with E-state index in [4.69, 9.17) is 26.7 Å². The Hall–Kier alpha value is -1.77. The van der Waals surface area contributed by atoms with E-state index < -0.39 is 12.0 Å². The number of aliphatic carboxylic acids is 1. The van der Waals surface area contributed by atoms with Gasteiger partial charge in [0, 0.05) is 6.54 Å². The molecule has 0 amide bonds. The normalized spacial score (nSPS) is 19.3. The number of hydrogen-bond donors (Lipinski definition) is 1. The topological polar surface area (TPSA) is 73.6 Å². The number of morpholine rings is 1. The van der Waals surface area contributed by atoms with Crippen LogP contribution in [0.3, 0.4) is 0 Å². The summed E-state index contributed by atoms with van der Waals surface area (Å²) >= 11 is 5.95. The first kappa shape index (κ1) is 12.7. The second kappa shape index (κ2) is 5.25. The number of benzene rings is 1. The highest BCUT2D eigenvalue weighted by atomic mass is 35.5. The third kappa shape index (κ3) is 2.26. The summed E-state index contributed by atoms with van der Waals surface area (Å²) in [5.74, 6) is -0.974. The summed E-state index contributed by atoms with van der Waals surface area (Å²) in [6, 6.07) is 6.24. The van der Waals surface area contributed by atoms with Crippen LogP contribution in [0.15, 0.2) is 18.2 Å². The molecule has 1 N–H and O–H groups in total. The van der Waals surface area contributed by atoms with Crippen molar-refractivity contribution in [2.45, 2.75) is 6.04 Å².